The number of carbonyl (C=O) groups is 1. The van der Waals surface area contributed by atoms with Crippen molar-refractivity contribution in [2.75, 3.05) is 0 Å². The lowest BCUT2D eigenvalue weighted by Crippen LogP contribution is -2.07. The van der Waals surface area contributed by atoms with Gasteiger partial charge in [-0.1, -0.05) is 6.07 Å². The summed E-state index contributed by atoms with van der Waals surface area (Å²) in [4.78, 5) is 22.9. The van der Waals surface area contributed by atoms with Crippen LogP contribution in [0.2, 0.25) is 0 Å². The second-order valence-corrected chi connectivity index (χ2v) is 7.34. The number of nitrogens with zero attached hydrogens (tertiary/aromatic N) is 2. The molecule has 24 heavy (non-hydrogen) atoms. The highest BCUT2D eigenvalue weighted by Crippen LogP contribution is 2.42. The molecule has 0 aromatic carbocycles. The van der Waals surface area contributed by atoms with Gasteiger partial charge in [0.1, 0.15) is 4.83 Å². The molecule has 0 amide bonds. The maximum atomic E-state index is 11.4. The highest BCUT2D eigenvalue weighted by Gasteiger charge is 2.24. The standard InChI is InChI=1S/C19H18N2O2S/c1-11-14(9-16(22)23)17(12-5-4-8-20-10-12)18-13-6-2-3-7-15(13)24-19(18)21-11/h4-5,8,10H,2-3,6-7,9H2,1H3,(H,22,23). The van der Waals surface area contributed by atoms with Crippen molar-refractivity contribution in [3.05, 3.63) is 46.2 Å². The average molecular weight is 338 g/mol. The van der Waals surface area contributed by atoms with Crippen LogP contribution in [-0.4, -0.2) is 21.0 Å². The van der Waals surface area contributed by atoms with Gasteiger partial charge in [0.05, 0.1) is 6.42 Å². The molecule has 3 heterocycles. The van der Waals surface area contributed by atoms with Crippen molar-refractivity contribution < 1.29 is 9.90 Å². The fourth-order valence-corrected chi connectivity index (χ4v) is 4.95. The summed E-state index contributed by atoms with van der Waals surface area (Å²) >= 11 is 1.77. The van der Waals surface area contributed by atoms with E-state index in [4.69, 9.17) is 4.98 Å². The molecule has 0 saturated heterocycles. The molecular weight excluding hydrogens is 320 g/mol. The van der Waals surface area contributed by atoms with E-state index in [0.29, 0.717) is 0 Å². The van der Waals surface area contributed by atoms with Crippen LogP contribution in [-0.2, 0) is 24.1 Å². The van der Waals surface area contributed by atoms with E-state index >= 15 is 0 Å². The monoisotopic (exact) mass is 338 g/mol. The van der Waals surface area contributed by atoms with Crippen LogP contribution in [0.1, 0.15) is 34.5 Å². The normalized spacial score (nSPS) is 13.9. The number of hydrogen-bond acceptors (Lipinski definition) is 4. The Morgan fingerprint density at radius 2 is 2.17 bits per heavy atom. The molecule has 0 fully saturated rings. The third-order valence-corrected chi connectivity index (χ3v) is 5.87. The van der Waals surface area contributed by atoms with E-state index in [9.17, 15) is 9.90 Å². The molecule has 0 radical (unpaired) electrons. The lowest BCUT2D eigenvalue weighted by Gasteiger charge is -2.16. The topological polar surface area (TPSA) is 63.1 Å². The van der Waals surface area contributed by atoms with E-state index in [2.05, 4.69) is 4.98 Å². The minimum absolute atomic E-state index is 0.0103. The van der Waals surface area contributed by atoms with Crippen molar-refractivity contribution in [3.63, 3.8) is 0 Å². The van der Waals surface area contributed by atoms with Crippen LogP contribution >= 0.6 is 11.3 Å². The fraction of sp³-hybridized carbons (Fsp3) is 0.316. The number of carboxylic acids is 1. The fourth-order valence-electron chi connectivity index (χ4n) is 3.64. The lowest BCUT2D eigenvalue weighted by molar-refractivity contribution is -0.136. The quantitative estimate of drug-likeness (QED) is 0.778. The van der Waals surface area contributed by atoms with Gasteiger partial charge in [-0.05, 0) is 55.4 Å². The Morgan fingerprint density at radius 3 is 2.92 bits per heavy atom. The van der Waals surface area contributed by atoms with Crippen molar-refractivity contribution in [1.82, 2.24) is 9.97 Å². The number of aromatic nitrogens is 2. The van der Waals surface area contributed by atoms with Crippen molar-refractivity contribution in [3.8, 4) is 11.1 Å². The van der Waals surface area contributed by atoms with E-state index < -0.39 is 5.97 Å². The minimum atomic E-state index is -0.825. The number of thiophene rings is 1. The molecule has 0 aliphatic heterocycles. The van der Waals surface area contributed by atoms with E-state index in [0.717, 1.165) is 45.4 Å². The van der Waals surface area contributed by atoms with Gasteiger partial charge in [-0.25, -0.2) is 4.98 Å². The Morgan fingerprint density at radius 1 is 1.33 bits per heavy atom. The molecule has 0 bridgehead atoms. The summed E-state index contributed by atoms with van der Waals surface area (Å²) in [5.74, 6) is -0.825. The third kappa shape index (κ3) is 2.49. The largest absolute Gasteiger partial charge is 0.481 e. The molecule has 0 spiro atoms. The molecule has 122 valence electrons. The summed E-state index contributed by atoms with van der Waals surface area (Å²) in [6, 6.07) is 3.92. The van der Waals surface area contributed by atoms with E-state index in [1.165, 1.54) is 23.3 Å². The second kappa shape index (κ2) is 5.98. The van der Waals surface area contributed by atoms with Crippen LogP contribution < -0.4 is 0 Å². The number of aliphatic carboxylic acids is 1. The Balaban J connectivity index is 2.10. The van der Waals surface area contributed by atoms with Crippen LogP contribution in [0.5, 0.6) is 0 Å². The van der Waals surface area contributed by atoms with Crippen LogP contribution in [0.25, 0.3) is 21.3 Å². The molecule has 0 unspecified atom stereocenters. The summed E-state index contributed by atoms with van der Waals surface area (Å²) in [6.45, 7) is 1.91. The average Bonchev–Trinajstić information content (AvgIpc) is 2.93. The van der Waals surface area contributed by atoms with Crippen molar-refractivity contribution in [2.45, 2.75) is 39.0 Å². The van der Waals surface area contributed by atoms with Crippen molar-refractivity contribution in [2.24, 2.45) is 0 Å². The molecule has 1 aliphatic rings. The Hall–Kier alpha value is -2.27. The predicted molar refractivity (Wildman–Crippen MR) is 95.6 cm³/mol. The first-order valence-electron chi connectivity index (χ1n) is 8.21. The molecule has 4 nitrogen and oxygen atoms in total. The van der Waals surface area contributed by atoms with E-state index in [-0.39, 0.29) is 6.42 Å². The number of fused-ring (bicyclic) bond motifs is 3. The zero-order valence-corrected chi connectivity index (χ0v) is 14.3. The first-order chi connectivity index (χ1) is 11.6. The minimum Gasteiger partial charge on any atom is -0.481 e. The van der Waals surface area contributed by atoms with E-state index in [1.807, 2.05) is 25.3 Å². The number of pyridine rings is 2. The summed E-state index contributed by atoms with van der Waals surface area (Å²) in [5.41, 5.74) is 5.00. The van der Waals surface area contributed by atoms with Gasteiger partial charge in [-0.2, -0.15) is 0 Å². The van der Waals surface area contributed by atoms with Crippen LogP contribution in [0, 0.1) is 6.92 Å². The highest BCUT2D eigenvalue weighted by atomic mass is 32.1. The van der Waals surface area contributed by atoms with Gasteiger partial charge in [-0.15, -0.1) is 11.3 Å². The zero-order chi connectivity index (χ0) is 16.7. The first kappa shape index (κ1) is 15.3. The molecular formula is C19H18N2O2S. The van der Waals surface area contributed by atoms with Gasteiger partial charge >= 0.3 is 5.97 Å². The number of aryl methyl sites for hydroxylation is 3. The predicted octanol–water partition coefficient (Wildman–Crippen LogP) is 4.17. The Bertz CT molecular complexity index is 932. The lowest BCUT2D eigenvalue weighted by atomic mass is 9.89. The maximum Gasteiger partial charge on any atom is 0.307 e. The van der Waals surface area contributed by atoms with Gasteiger partial charge in [0.2, 0.25) is 0 Å². The molecule has 1 N–H and O–H groups in total. The van der Waals surface area contributed by atoms with Gasteiger partial charge in [0.15, 0.2) is 0 Å². The highest BCUT2D eigenvalue weighted by molar-refractivity contribution is 7.19. The van der Waals surface area contributed by atoms with Crippen LogP contribution in [0.15, 0.2) is 24.5 Å². The van der Waals surface area contributed by atoms with Gasteiger partial charge in [0.25, 0.3) is 0 Å². The summed E-state index contributed by atoms with van der Waals surface area (Å²) < 4.78 is 0. The Labute approximate surface area is 144 Å². The molecule has 0 atom stereocenters. The van der Waals surface area contributed by atoms with Crippen LogP contribution in [0.4, 0.5) is 0 Å². The molecule has 3 aromatic heterocycles. The smallest absolute Gasteiger partial charge is 0.307 e. The molecule has 5 heteroatoms. The van der Waals surface area contributed by atoms with Gasteiger partial charge < -0.3 is 5.11 Å². The second-order valence-electron chi connectivity index (χ2n) is 6.25. The van der Waals surface area contributed by atoms with Crippen LogP contribution in [0.3, 0.4) is 0 Å². The number of rotatable bonds is 3. The summed E-state index contributed by atoms with van der Waals surface area (Å²) in [6.07, 6.45) is 8.14. The van der Waals surface area contributed by atoms with Gasteiger partial charge in [-0.3, -0.25) is 9.78 Å². The molecule has 4 rings (SSSR count). The zero-order valence-electron chi connectivity index (χ0n) is 13.5. The summed E-state index contributed by atoms with van der Waals surface area (Å²) in [5, 5.41) is 10.5. The third-order valence-electron chi connectivity index (χ3n) is 4.69. The van der Waals surface area contributed by atoms with E-state index in [1.54, 1.807) is 17.5 Å². The Kier molecular flexibility index (Phi) is 3.81. The number of hydrogen-bond donors (Lipinski definition) is 1. The molecule has 3 aromatic rings. The molecule has 1 aliphatic carbocycles. The number of carboxylic acid groups (broad SMARTS) is 1. The maximum absolute atomic E-state index is 11.4. The SMILES string of the molecule is Cc1nc2sc3c(c2c(-c2cccnc2)c1CC(=O)O)CCCC3. The van der Waals surface area contributed by atoms with Crippen molar-refractivity contribution in [1.29, 1.82) is 0 Å². The first-order valence-corrected chi connectivity index (χ1v) is 9.02. The van der Waals surface area contributed by atoms with Crippen molar-refractivity contribution >= 4 is 27.5 Å². The molecule has 0 saturated carbocycles. The summed E-state index contributed by atoms with van der Waals surface area (Å²) in [7, 11) is 0. The van der Waals surface area contributed by atoms with Gasteiger partial charge in [0, 0.05) is 33.9 Å².